The number of pyridine rings is 1. The number of methoxy groups -OCH3 is 3. The molecule has 0 spiro atoms. The van der Waals surface area contributed by atoms with E-state index in [1.54, 1.807) is 48.5 Å². The number of fused-ring (bicyclic) bond motifs is 4. The lowest BCUT2D eigenvalue weighted by atomic mass is 10.1. The molecule has 0 atom stereocenters. The van der Waals surface area contributed by atoms with Crippen molar-refractivity contribution in [3.05, 3.63) is 85.1 Å². The average molecular weight is 548 g/mol. The van der Waals surface area contributed by atoms with Crippen LogP contribution in [0.3, 0.4) is 0 Å². The summed E-state index contributed by atoms with van der Waals surface area (Å²) in [5, 5.41) is 13.8. The summed E-state index contributed by atoms with van der Waals surface area (Å²) in [5.41, 5.74) is 3.19. The van der Waals surface area contributed by atoms with Gasteiger partial charge in [0.1, 0.15) is 11.2 Å². The van der Waals surface area contributed by atoms with Crippen molar-refractivity contribution in [2.45, 2.75) is 0 Å². The Morgan fingerprint density at radius 2 is 1.55 bits per heavy atom. The Balaban J connectivity index is 1.50. The summed E-state index contributed by atoms with van der Waals surface area (Å²) in [6, 6.07) is 26.0. The lowest BCUT2D eigenvalue weighted by molar-refractivity contribution is -0.733. The number of hydrogen-bond acceptors (Lipinski definition) is 8. The monoisotopic (exact) mass is 547 g/mol. The minimum absolute atomic E-state index is 0.455. The van der Waals surface area contributed by atoms with Gasteiger partial charge in [-0.25, -0.2) is 0 Å². The van der Waals surface area contributed by atoms with Gasteiger partial charge in [-0.05, 0) is 50.4 Å². The molecule has 4 aromatic carbocycles. The van der Waals surface area contributed by atoms with E-state index < -0.39 is 0 Å². The Morgan fingerprint density at radius 1 is 0.775 bits per heavy atom. The zero-order valence-electron chi connectivity index (χ0n) is 21.9. The van der Waals surface area contributed by atoms with Gasteiger partial charge in [-0.15, -0.1) is 0 Å². The van der Waals surface area contributed by atoms with Crippen molar-refractivity contribution >= 4 is 43.2 Å². The minimum Gasteiger partial charge on any atom is -0.493 e. The molecule has 10 heteroatoms. The van der Waals surface area contributed by atoms with Crippen molar-refractivity contribution in [3.8, 4) is 39.5 Å². The SMILES string of the molecule is COc1cc(-c2nn(-c3cccc4cccnc34)[n+](-c3nc4c(ccc5ccccc54)s3)n2)cc(OC)c1OC. The molecule has 0 aliphatic rings. The van der Waals surface area contributed by atoms with Crippen molar-refractivity contribution < 1.29 is 19.0 Å². The van der Waals surface area contributed by atoms with Gasteiger partial charge in [0.15, 0.2) is 17.0 Å². The molecule has 0 N–H and O–H groups in total. The van der Waals surface area contributed by atoms with E-state index in [4.69, 9.17) is 29.4 Å². The molecule has 0 radical (unpaired) electrons. The van der Waals surface area contributed by atoms with E-state index in [0.717, 1.165) is 37.6 Å². The molecular formula is C30H23N6O3S+. The fourth-order valence-electron chi connectivity index (χ4n) is 4.87. The second-order valence-corrected chi connectivity index (χ2v) is 10.0. The van der Waals surface area contributed by atoms with Crippen LogP contribution in [0, 0.1) is 0 Å². The van der Waals surface area contributed by atoms with Gasteiger partial charge < -0.3 is 14.2 Å². The minimum atomic E-state index is 0.455. The van der Waals surface area contributed by atoms with Crippen molar-refractivity contribution in [3.63, 3.8) is 0 Å². The van der Waals surface area contributed by atoms with Crippen LogP contribution in [-0.2, 0) is 0 Å². The zero-order chi connectivity index (χ0) is 27.2. The average Bonchev–Trinajstić information content (AvgIpc) is 3.65. The fraction of sp³-hybridized carbons (Fsp3) is 0.100. The van der Waals surface area contributed by atoms with Crippen LogP contribution in [0.5, 0.6) is 17.2 Å². The maximum absolute atomic E-state index is 5.59. The molecule has 0 saturated heterocycles. The van der Waals surface area contributed by atoms with Crippen LogP contribution in [0.2, 0.25) is 0 Å². The van der Waals surface area contributed by atoms with Gasteiger partial charge in [0.05, 0.1) is 26.0 Å². The summed E-state index contributed by atoms with van der Waals surface area (Å²) in [6.45, 7) is 0. The molecule has 0 bridgehead atoms. The Morgan fingerprint density at radius 3 is 2.35 bits per heavy atom. The highest BCUT2D eigenvalue weighted by Gasteiger charge is 2.28. The first-order valence-corrected chi connectivity index (χ1v) is 13.3. The van der Waals surface area contributed by atoms with Gasteiger partial charge in [-0.1, -0.05) is 64.9 Å². The first-order valence-electron chi connectivity index (χ1n) is 12.5. The maximum Gasteiger partial charge on any atom is 0.365 e. The number of hydrogen-bond donors (Lipinski definition) is 0. The van der Waals surface area contributed by atoms with Crippen molar-refractivity contribution in [2.24, 2.45) is 0 Å². The molecule has 0 unspecified atom stereocenters. The van der Waals surface area contributed by atoms with E-state index in [2.05, 4.69) is 29.2 Å². The predicted molar refractivity (Wildman–Crippen MR) is 154 cm³/mol. The third kappa shape index (κ3) is 3.80. The number of ether oxygens (including phenoxy) is 3. The van der Waals surface area contributed by atoms with Crippen molar-refractivity contribution in [2.75, 3.05) is 21.3 Å². The third-order valence-electron chi connectivity index (χ3n) is 6.75. The topological polar surface area (TPSA) is 88.1 Å². The van der Waals surface area contributed by atoms with Gasteiger partial charge in [-0.3, -0.25) is 4.98 Å². The van der Waals surface area contributed by atoms with Crippen molar-refractivity contribution in [1.29, 1.82) is 0 Å². The number of thiazole rings is 1. The van der Waals surface area contributed by atoms with Gasteiger partial charge in [0.25, 0.3) is 5.82 Å². The summed E-state index contributed by atoms with van der Waals surface area (Å²) in [6.07, 6.45) is 1.77. The number of benzene rings is 4. The predicted octanol–water partition coefficient (Wildman–Crippen LogP) is 5.55. The second kappa shape index (κ2) is 9.58. The van der Waals surface area contributed by atoms with Gasteiger partial charge in [-0.2, -0.15) is 0 Å². The van der Waals surface area contributed by atoms with Crippen molar-refractivity contribution in [1.82, 2.24) is 25.0 Å². The van der Waals surface area contributed by atoms with Crippen LogP contribution in [0.25, 0.3) is 54.1 Å². The number of aromatic nitrogens is 6. The molecule has 0 saturated carbocycles. The summed E-state index contributed by atoms with van der Waals surface area (Å²) < 4.78 is 17.8. The Labute approximate surface area is 232 Å². The van der Waals surface area contributed by atoms with Crippen LogP contribution in [0.15, 0.2) is 85.1 Å². The summed E-state index contributed by atoms with van der Waals surface area (Å²) in [7, 11) is 4.74. The largest absolute Gasteiger partial charge is 0.493 e. The van der Waals surface area contributed by atoms with E-state index in [0.29, 0.717) is 33.8 Å². The fourth-order valence-corrected chi connectivity index (χ4v) is 5.80. The van der Waals surface area contributed by atoms with E-state index in [9.17, 15) is 0 Å². The Bertz CT molecular complexity index is 2020. The molecule has 0 amide bonds. The highest BCUT2D eigenvalue weighted by molar-refractivity contribution is 7.20. The highest BCUT2D eigenvalue weighted by atomic mass is 32.1. The third-order valence-corrected chi connectivity index (χ3v) is 7.74. The molecule has 7 rings (SSSR count). The quantitative estimate of drug-likeness (QED) is 0.252. The van der Waals surface area contributed by atoms with Crippen LogP contribution in [-0.4, -0.2) is 46.3 Å². The molecule has 9 nitrogen and oxygen atoms in total. The lowest BCUT2D eigenvalue weighted by Gasteiger charge is -2.12. The number of tetrazole rings is 1. The summed E-state index contributed by atoms with van der Waals surface area (Å²) in [5.74, 6) is 1.98. The van der Waals surface area contributed by atoms with Crippen LogP contribution in [0.4, 0.5) is 0 Å². The van der Waals surface area contributed by atoms with E-state index >= 15 is 0 Å². The standard InChI is InChI=1S/C30H23N6O3S/c1-37-23-16-20(17-24(38-2)28(23)39-3)29-33-35(22-12-6-9-19-10-7-15-31-26(19)22)36(34-29)30-32-27-21-11-5-4-8-18(21)13-14-25(27)40-30/h4-17H,1-3H3/q+1. The lowest BCUT2D eigenvalue weighted by Crippen LogP contribution is -2.43. The number of para-hydroxylation sites is 1. The molecule has 0 aliphatic heterocycles. The van der Waals surface area contributed by atoms with E-state index in [1.165, 1.54) is 0 Å². The molecule has 3 heterocycles. The number of nitrogens with zero attached hydrogens (tertiary/aromatic N) is 6. The first-order chi connectivity index (χ1) is 19.7. The van der Waals surface area contributed by atoms with Gasteiger partial charge >= 0.3 is 5.13 Å². The van der Waals surface area contributed by atoms with Crippen LogP contribution >= 0.6 is 11.3 Å². The molecule has 3 aromatic heterocycles. The molecule has 40 heavy (non-hydrogen) atoms. The van der Waals surface area contributed by atoms with Gasteiger partial charge in [0, 0.05) is 27.6 Å². The first kappa shape index (κ1) is 24.0. The molecular weight excluding hydrogens is 524 g/mol. The van der Waals surface area contributed by atoms with E-state index in [-0.39, 0.29) is 0 Å². The van der Waals surface area contributed by atoms with Crippen LogP contribution in [0.1, 0.15) is 0 Å². The highest BCUT2D eigenvalue weighted by Crippen LogP contribution is 2.40. The molecule has 7 aromatic rings. The number of rotatable bonds is 6. The van der Waals surface area contributed by atoms with E-state index in [1.807, 2.05) is 54.6 Å². The smallest absolute Gasteiger partial charge is 0.365 e. The summed E-state index contributed by atoms with van der Waals surface area (Å²) >= 11 is 1.55. The zero-order valence-corrected chi connectivity index (χ0v) is 22.7. The maximum atomic E-state index is 5.59. The Hall–Kier alpha value is -5.09. The second-order valence-electron chi connectivity index (χ2n) is 9.00. The Kier molecular flexibility index (Phi) is 5.75. The van der Waals surface area contributed by atoms with Gasteiger partial charge in [0.2, 0.25) is 5.75 Å². The summed E-state index contributed by atoms with van der Waals surface area (Å²) in [4.78, 5) is 13.2. The molecule has 196 valence electrons. The molecule has 0 fully saturated rings. The van der Waals surface area contributed by atoms with Crippen LogP contribution < -0.4 is 19.0 Å². The molecule has 0 aliphatic carbocycles. The normalized spacial score (nSPS) is 11.4.